The minimum absolute atomic E-state index is 0.827. The summed E-state index contributed by atoms with van der Waals surface area (Å²) in [6.07, 6.45) is 3.76. The third-order valence-electron chi connectivity index (χ3n) is 3.60. The number of rotatable bonds is 3. The van der Waals surface area contributed by atoms with Crippen molar-refractivity contribution in [3.8, 4) is 22.6 Å². The minimum atomic E-state index is 0.827. The van der Waals surface area contributed by atoms with Crippen LogP contribution in [-0.2, 0) is 0 Å². The molecule has 0 bridgehead atoms. The normalized spacial score (nSPS) is 10.7. The highest BCUT2D eigenvalue weighted by Crippen LogP contribution is 2.36. The van der Waals surface area contributed by atoms with Crippen molar-refractivity contribution in [3.05, 3.63) is 79.1 Å². The standard InChI is InChI=1S/C19H14N2O/c1-2-7-14(8-3-1)22-18-11-5-4-9-15(18)17-13-21-19-16(17)10-6-12-20-19/h1-13H,(H,20,21). The highest BCUT2D eigenvalue weighted by Gasteiger charge is 2.11. The molecule has 22 heavy (non-hydrogen) atoms. The zero-order valence-electron chi connectivity index (χ0n) is 11.9. The summed E-state index contributed by atoms with van der Waals surface area (Å²) in [6, 6.07) is 21.9. The first-order chi connectivity index (χ1) is 10.9. The molecule has 2 aromatic carbocycles. The van der Waals surface area contributed by atoms with Crippen molar-refractivity contribution >= 4 is 11.0 Å². The van der Waals surface area contributed by atoms with E-state index in [9.17, 15) is 0 Å². The first kappa shape index (κ1) is 12.7. The number of aromatic nitrogens is 2. The summed E-state index contributed by atoms with van der Waals surface area (Å²) in [6.45, 7) is 0. The largest absolute Gasteiger partial charge is 0.457 e. The molecule has 0 atom stereocenters. The molecule has 0 amide bonds. The van der Waals surface area contributed by atoms with Gasteiger partial charge in [-0.15, -0.1) is 0 Å². The molecule has 3 heteroatoms. The Kier molecular flexibility index (Phi) is 3.09. The van der Waals surface area contributed by atoms with Gasteiger partial charge in [-0.05, 0) is 30.3 Å². The molecule has 0 aliphatic rings. The Balaban J connectivity index is 1.82. The van der Waals surface area contributed by atoms with Crippen molar-refractivity contribution in [2.24, 2.45) is 0 Å². The fourth-order valence-electron chi connectivity index (χ4n) is 2.57. The van der Waals surface area contributed by atoms with Crippen molar-refractivity contribution in [2.75, 3.05) is 0 Å². The fraction of sp³-hybridized carbons (Fsp3) is 0. The zero-order valence-corrected chi connectivity index (χ0v) is 11.9. The maximum Gasteiger partial charge on any atom is 0.137 e. The van der Waals surface area contributed by atoms with Gasteiger partial charge < -0.3 is 9.72 Å². The van der Waals surface area contributed by atoms with Crippen LogP contribution in [0.1, 0.15) is 0 Å². The van der Waals surface area contributed by atoms with Crippen LogP contribution in [0.3, 0.4) is 0 Å². The summed E-state index contributed by atoms with van der Waals surface area (Å²) >= 11 is 0. The highest BCUT2D eigenvalue weighted by molar-refractivity contribution is 5.95. The number of benzene rings is 2. The third kappa shape index (κ3) is 2.23. The van der Waals surface area contributed by atoms with Crippen LogP contribution in [0.4, 0.5) is 0 Å². The van der Waals surface area contributed by atoms with Gasteiger partial charge in [0.2, 0.25) is 0 Å². The molecular weight excluding hydrogens is 272 g/mol. The van der Waals surface area contributed by atoms with Crippen molar-refractivity contribution < 1.29 is 4.74 Å². The molecule has 2 heterocycles. The van der Waals surface area contributed by atoms with Gasteiger partial charge in [-0.3, -0.25) is 0 Å². The number of nitrogens with zero attached hydrogens (tertiary/aromatic N) is 1. The van der Waals surface area contributed by atoms with Crippen LogP contribution in [0.5, 0.6) is 11.5 Å². The third-order valence-corrected chi connectivity index (χ3v) is 3.60. The summed E-state index contributed by atoms with van der Waals surface area (Å²) < 4.78 is 6.05. The molecule has 0 saturated heterocycles. The smallest absolute Gasteiger partial charge is 0.137 e. The number of nitrogens with one attached hydrogen (secondary N) is 1. The minimum Gasteiger partial charge on any atom is -0.457 e. The van der Waals surface area contributed by atoms with E-state index in [1.807, 2.05) is 60.8 Å². The number of fused-ring (bicyclic) bond motifs is 1. The molecule has 0 unspecified atom stereocenters. The second-order valence-corrected chi connectivity index (χ2v) is 5.01. The summed E-state index contributed by atoms with van der Waals surface area (Å²) in [5.41, 5.74) is 3.02. The lowest BCUT2D eigenvalue weighted by Gasteiger charge is -2.10. The van der Waals surface area contributed by atoms with Gasteiger partial charge in [-0.2, -0.15) is 0 Å². The van der Waals surface area contributed by atoms with Crippen LogP contribution in [0.25, 0.3) is 22.2 Å². The van der Waals surface area contributed by atoms with Gasteiger partial charge in [0.25, 0.3) is 0 Å². The van der Waals surface area contributed by atoms with Crippen LogP contribution >= 0.6 is 0 Å². The topological polar surface area (TPSA) is 37.9 Å². The van der Waals surface area contributed by atoms with Gasteiger partial charge in [-0.25, -0.2) is 4.98 Å². The summed E-state index contributed by atoms with van der Waals surface area (Å²) in [4.78, 5) is 7.56. The predicted octanol–water partition coefficient (Wildman–Crippen LogP) is 5.02. The first-order valence-electron chi connectivity index (χ1n) is 7.16. The van der Waals surface area contributed by atoms with Crippen molar-refractivity contribution in [1.82, 2.24) is 9.97 Å². The fourth-order valence-corrected chi connectivity index (χ4v) is 2.57. The average Bonchev–Trinajstić information content (AvgIpc) is 3.00. The second kappa shape index (κ2) is 5.37. The van der Waals surface area contributed by atoms with E-state index >= 15 is 0 Å². The molecular formula is C19H14N2O. The van der Waals surface area contributed by atoms with E-state index in [4.69, 9.17) is 4.74 Å². The lowest BCUT2D eigenvalue weighted by atomic mass is 10.0. The molecule has 2 aromatic heterocycles. The molecule has 0 aliphatic heterocycles. The van der Waals surface area contributed by atoms with Crippen molar-refractivity contribution in [3.63, 3.8) is 0 Å². The van der Waals surface area contributed by atoms with Gasteiger partial charge in [0.1, 0.15) is 17.1 Å². The Bertz CT molecular complexity index is 913. The molecule has 0 aliphatic carbocycles. The summed E-state index contributed by atoms with van der Waals surface area (Å²) in [7, 11) is 0. The highest BCUT2D eigenvalue weighted by atomic mass is 16.5. The van der Waals surface area contributed by atoms with E-state index < -0.39 is 0 Å². The van der Waals surface area contributed by atoms with Gasteiger partial charge in [0, 0.05) is 28.9 Å². The van der Waals surface area contributed by atoms with E-state index in [2.05, 4.69) is 22.1 Å². The Morgan fingerprint density at radius 3 is 2.50 bits per heavy atom. The molecule has 4 aromatic rings. The molecule has 0 fully saturated rings. The van der Waals surface area contributed by atoms with Crippen LogP contribution in [0.2, 0.25) is 0 Å². The molecule has 3 nitrogen and oxygen atoms in total. The van der Waals surface area contributed by atoms with Crippen molar-refractivity contribution in [2.45, 2.75) is 0 Å². The molecule has 0 spiro atoms. The monoisotopic (exact) mass is 286 g/mol. The predicted molar refractivity (Wildman–Crippen MR) is 88.0 cm³/mol. The number of hydrogen-bond acceptors (Lipinski definition) is 2. The van der Waals surface area contributed by atoms with Gasteiger partial charge in [0.15, 0.2) is 0 Å². The molecule has 4 rings (SSSR count). The molecule has 0 saturated carbocycles. The van der Waals surface area contributed by atoms with Gasteiger partial charge in [0.05, 0.1) is 0 Å². The van der Waals surface area contributed by atoms with Crippen LogP contribution in [0, 0.1) is 0 Å². The lowest BCUT2D eigenvalue weighted by Crippen LogP contribution is -1.87. The average molecular weight is 286 g/mol. The lowest BCUT2D eigenvalue weighted by molar-refractivity contribution is 0.484. The molecule has 1 N–H and O–H groups in total. The Morgan fingerprint density at radius 2 is 1.59 bits per heavy atom. The summed E-state index contributed by atoms with van der Waals surface area (Å²) in [5.74, 6) is 1.66. The summed E-state index contributed by atoms with van der Waals surface area (Å²) in [5, 5.41) is 1.09. The van der Waals surface area contributed by atoms with E-state index in [0.29, 0.717) is 0 Å². The Morgan fingerprint density at radius 1 is 0.773 bits per heavy atom. The first-order valence-corrected chi connectivity index (χ1v) is 7.16. The van der Waals surface area contributed by atoms with E-state index in [-0.39, 0.29) is 0 Å². The van der Waals surface area contributed by atoms with E-state index in [1.54, 1.807) is 6.20 Å². The number of pyridine rings is 1. The zero-order chi connectivity index (χ0) is 14.8. The van der Waals surface area contributed by atoms with Crippen LogP contribution in [0.15, 0.2) is 79.1 Å². The number of aromatic amines is 1. The Hall–Kier alpha value is -3.07. The number of H-pyrrole nitrogens is 1. The number of para-hydroxylation sites is 2. The SMILES string of the molecule is c1ccc(Oc2ccccc2-c2c[nH]c3ncccc23)cc1. The van der Waals surface area contributed by atoms with E-state index in [1.165, 1.54) is 0 Å². The second-order valence-electron chi connectivity index (χ2n) is 5.01. The number of hydrogen-bond donors (Lipinski definition) is 1. The van der Waals surface area contributed by atoms with Crippen molar-refractivity contribution in [1.29, 1.82) is 0 Å². The molecule has 106 valence electrons. The number of ether oxygens (including phenoxy) is 1. The van der Waals surface area contributed by atoms with Crippen LogP contribution < -0.4 is 4.74 Å². The van der Waals surface area contributed by atoms with Crippen LogP contribution in [-0.4, -0.2) is 9.97 Å². The maximum atomic E-state index is 6.05. The maximum absolute atomic E-state index is 6.05. The Labute approximate surface area is 128 Å². The molecule has 0 radical (unpaired) electrons. The van der Waals surface area contributed by atoms with Gasteiger partial charge >= 0.3 is 0 Å². The van der Waals surface area contributed by atoms with E-state index in [0.717, 1.165) is 33.7 Å². The quantitative estimate of drug-likeness (QED) is 0.574. The van der Waals surface area contributed by atoms with Gasteiger partial charge in [-0.1, -0.05) is 36.4 Å².